The van der Waals surface area contributed by atoms with Crippen LogP contribution in [0.3, 0.4) is 0 Å². The van der Waals surface area contributed by atoms with E-state index in [9.17, 15) is 9.18 Å². The summed E-state index contributed by atoms with van der Waals surface area (Å²) in [5, 5.41) is 0.563. The Morgan fingerprint density at radius 3 is 2.63 bits per heavy atom. The molecular weight excluding hydrogens is 467 g/mol. The topological polar surface area (TPSA) is 58.6 Å². The van der Waals surface area contributed by atoms with Crippen molar-refractivity contribution in [2.75, 3.05) is 31.1 Å². The van der Waals surface area contributed by atoms with Crippen LogP contribution >= 0.6 is 11.6 Å². The van der Waals surface area contributed by atoms with Crippen LogP contribution in [-0.4, -0.2) is 53.1 Å². The maximum atomic E-state index is 14.6. The summed E-state index contributed by atoms with van der Waals surface area (Å²) in [5.41, 5.74) is 0.444. The van der Waals surface area contributed by atoms with Gasteiger partial charge in [0.15, 0.2) is 0 Å². The predicted molar refractivity (Wildman–Crippen MR) is 134 cm³/mol. The summed E-state index contributed by atoms with van der Waals surface area (Å²) >= 11 is 5.89. The number of aromatic nitrogens is 2. The zero-order chi connectivity index (χ0) is 24.4. The maximum Gasteiger partial charge on any atom is 0.227 e. The average molecular weight is 501 g/mol. The molecule has 1 aromatic carbocycles. The van der Waals surface area contributed by atoms with Gasteiger partial charge < -0.3 is 14.5 Å². The second kappa shape index (κ2) is 10.7. The van der Waals surface area contributed by atoms with Crippen molar-refractivity contribution in [2.45, 2.75) is 57.9 Å². The SMILES string of the molecule is CC1CCCN1C(=O)Cc1ccc(OCCC2CC2C2CCN(c3ncc(Cl)cn3)CC2)cc1F. The Labute approximate surface area is 211 Å². The van der Waals surface area contributed by atoms with E-state index in [1.54, 1.807) is 24.5 Å². The number of hydrogen-bond donors (Lipinski definition) is 0. The fourth-order valence-electron chi connectivity index (χ4n) is 5.83. The van der Waals surface area contributed by atoms with Crippen LogP contribution in [0.4, 0.5) is 10.3 Å². The minimum atomic E-state index is -0.358. The molecule has 3 unspecified atom stereocenters. The molecule has 5 rings (SSSR count). The van der Waals surface area contributed by atoms with Crippen molar-refractivity contribution >= 4 is 23.5 Å². The molecule has 1 aliphatic carbocycles. The highest BCUT2D eigenvalue weighted by atomic mass is 35.5. The number of anilines is 1. The molecule has 0 radical (unpaired) electrons. The van der Waals surface area contributed by atoms with Gasteiger partial charge in [-0.2, -0.15) is 0 Å². The predicted octanol–water partition coefficient (Wildman–Crippen LogP) is 5.14. The van der Waals surface area contributed by atoms with Gasteiger partial charge >= 0.3 is 0 Å². The summed E-state index contributed by atoms with van der Waals surface area (Å²) in [6.45, 7) is 5.40. The van der Waals surface area contributed by atoms with Gasteiger partial charge in [0, 0.05) is 31.7 Å². The van der Waals surface area contributed by atoms with Crippen LogP contribution in [0.25, 0.3) is 0 Å². The monoisotopic (exact) mass is 500 g/mol. The molecule has 0 bridgehead atoms. The van der Waals surface area contributed by atoms with Crippen molar-refractivity contribution in [1.82, 2.24) is 14.9 Å². The Balaban J connectivity index is 1.03. The molecule has 3 atom stereocenters. The molecule has 0 N–H and O–H groups in total. The number of halogens is 2. The summed E-state index contributed by atoms with van der Waals surface area (Å²) in [7, 11) is 0. The minimum Gasteiger partial charge on any atom is -0.493 e. The Morgan fingerprint density at radius 1 is 1.17 bits per heavy atom. The van der Waals surface area contributed by atoms with Gasteiger partial charge in [-0.3, -0.25) is 4.79 Å². The molecule has 1 aromatic heterocycles. The summed E-state index contributed by atoms with van der Waals surface area (Å²) in [4.78, 5) is 25.3. The van der Waals surface area contributed by atoms with Crippen molar-refractivity contribution in [3.05, 3.63) is 47.0 Å². The highest BCUT2D eigenvalue weighted by Crippen LogP contribution is 2.49. The number of hydrogen-bond acceptors (Lipinski definition) is 5. The lowest BCUT2D eigenvalue weighted by molar-refractivity contribution is -0.131. The van der Waals surface area contributed by atoms with E-state index in [0.717, 1.165) is 69.5 Å². The number of nitrogens with zero attached hydrogens (tertiary/aromatic N) is 4. The molecule has 2 saturated heterocycles. The number of carbonyl (C=O) groups is 1. The van der Waals surface area contributed by atoms with Gasteiger partial charge in [-0.15, -0.1) is 0 Å². The minimum absolute atomic E-state index is 0.00821. The lowest BCUT2D eigenvalue weighted by Crippen LogP contribution is -2.35. The fraction of sp³-hybridized carbons (Fsp3) is 0.593. The number of amides is 1. The van der Waals surface area contributed by atoms with Crippen molar-refractivity contribution < 1.29 is 13.9 Å². The quantitative estimate of drug-likeness (QED) is 0.502. The van der Waals surface area contributed by atoms with Crippen molar-refractivity contribution in [1.29, 1.82) is 0 Å². The smallest absolute Gasteiger partial charge is 0.227 e. The molecule has 1 saturated carbocycles. The molecule has 0 spiro atoms. The molecule has 35 heavy (non-hydrogen) atoms. The summed E-state index contributed by atoms with van der Waals surface area (Å²) in [6, 6.07) is 5.17. The third-order valence-corrected chi connectivity index (χ3v) is 8.20. The van der Waals surface area contributed by atoms with Crippen LogP contribution < -0.4 is 9.64 Å². The van der Waals surface area contributed by atoms with E-state index >= 15 is 0 Å². The molecule has 3 fully saturated rings. The van der Waals surface area contributed by atoms with E-state index in [4.69, 9.17) is 16.3 Å². The number of piperidine rings is 1. The number of carbonyl (C=O) groups excluding carboxylic acids is 1. The van der Waals surface area contributed by atoms with Crippen molar-refractivity contribution in [3.8, 4) is 5.75 Å². The van der Waals surface area contributed by atoms with Gasteiger partial charge in [0.1, 0.15) is 11.6 Å². The highest BCUT2D eigenvalue weighted by Gasteiger charge is 2.43. The average Bonchev–Trinajstić information content (AvgIpc) is 3.50. The first-order valence-corrected chi connectivity index (χ1v) is 13.3. The first-order chi connectivity index (χ1) is 17.0. The maximum absolute atomic E-state index is 14.6. The van der Waals surface area contributed by atoms with Gasteiger partial charge in [0.05, 0.1) is 30.4 Å². The summed E-state index contributed by atoms with van der Waals surface area (Å²) in [6.07, 6.45) is 10.1. The standard InChI is InChI=1S/C27H34ClFN4O2/c1-18-3-2-9-33(18)26(34)14-21-4-5-23(15-25(21)29)35-12-8-20-13-24(20)19-6-10-32(11-7-19)27-30-16-22(28)17-31-27/h4-5,15-20,24H,2-3,6-14H2,1H3. The fourth-order valence-corrected chi connectivity index (χ4v) is 5.93. The second-order valence-corrected chi connectivity index (χ2v) is 10.8. The normalized spacial score (nSPS) is 24.6. The third-order valence-electron chi connectivity index (χ3n) is 8.01. The number of ether oxygens (including phenoxy) is 1. The van der Waals surface area contributed by atoms with E-state index in [-0.39, 0.29) is 24.2 Å². The Kier molecular flexibility index (Phi) is 7.42. The van der Waals surface area contributed by atoms with Gasteiger partial charge in [0.25, 0.3) is 0 Å². The Morgan fingerprint density at radius 2 is 1.94 bits per heavy atom. The van der Waals surface area contributed by atoms with E-state index < -0.39 is 0 Å². The van der Waals surface area contributed by atoms with Crippen molar-refractivity contribution in [3.63, 3.8) is 0 Å². The Bertz CT molecular complexity index is 1030. The van der Waals surface area contributed by atoms with Crippen LogP contribution in [0, 0.1) is 23.6 Å². The Hall–Kier alpha value is -2.41. The van der Waals surface area contributed by atoms with Crippen molar-refractivity contribution in [2.24, 2.45) is 17.8 Å². The molecule has 3 heterocycles. The molecule has 8 heteroatoms. The van der Waals surface area contributed by atoms with E-state index in [1.807, 2.05) is 4.90 Å². The van der Waals surface area contributed by atoms with Gasteiger partial charge in [-0.25, -0.2) is 14.4 Å². The second-order valence-electron chi connectivity index (χ2n) is 10.3. The lowest BCUT2D eigenvalue weighted by Gasteiger charge is -2.32. The molecule has 1 amide bonds. The first-order valence-electron chi connectivity index (χ1n) is 12.9. The first kappa shape index (κ1) is 24.3. The summed E-state index contributed by atoms with van der Waals surface area (Å²) in [5.74, 6) is 3.17. The zero-order valence-electron chi connectivity index (χ0n) is 20.3. The molecule has 3 aliphatic rings. The van der Waals surface area contributed by atoms with Crippen LogP contribution in [0.1, 0.15) is 51.0 Å². The van der Waals surface area contributed by atoms with Gasteiger partial charge in [0.2, 0.25) is 11.9 Å². The molecule has 6 nitrogen and oxygen atoms in total. The number of benzene rings is 1. The highest BCUT2D eigenvalue weighted by molar-refractivity contribution is 6.30. The molecule has 2 aromatic rings. The number of likely N-dealkylation sites (tertiary alicyclic amines) is 1. The van der Waals surface area contributed by atoms with Crippen LogP contribution in [0.15, 0.2) is 30.6 Å². The van der Waals surface area contributed by atoms with E-state index in [0.29, 0.717) is 28.9 Å². The third kappa shape index (κ3) is 5.88. The van der Waals surface area contributed by atoms with E-state index in [1.165, 1.54) is 12.5 Å². The lowest BCUT2D eigenvalue weighted by atomic mass is 9.90. The largest absolute Gasteiger partial charge is 0.493 e. The zero-order valence-corrected chi connectivity index (χ0v) is 21.1. The van der Waals surface area contributed by atoms with Crippen LogP contribution in [-0.2, 0) is 11.2 Å². The van der Waals surface area contributed by atoms with Crippen LogP contribution in [0.5, 0.6) is 5.75 Å². The van der Waals surface area contributed by atoms with E-state index in [2.05, 4.69) is 21.8 Å². The van der Waals surface area contributed by atoms with Gasteiger partial charge in [-0.1, -0.05) is 17.7 Å². The summed E-state index contributed by atoms with van der Waals surface area (Å²) < 4.78 is 20.5. The van der Waals surface area contributed by atoms with Gasteiger partial charge in [-0.05, 0) is 74.8 Å². The molecular formula is C27H34ClFN4O2. The molecule has 188 valence electrons. The molecule has 2 aliphatic heterocycles. The number of rotatable bonds is 8. The van der Waals surface area contributed by atoms with Crippen LogP contribution in [0.2, 0.25) is 5.02 Å².